The fourth-order valence-corrected chi connectivity index (χ4v) is 3.72. The Morgan fingerprint density at radius 3 is 1.67 bits per heavy atom. The number of rotatable bonds is 21. The van der Waals surface area contributed by atoms with Gasteiger partial charge in [-0.3, -0.25) is 19.2 Å². The Balaban J connectivity index is 5.42. The van der Waals surface area contributed by atoms with Gasteiger partial charge in [-0.05, 0) is 76.5 Å². The van der Waals surface area contributed by atoms with Crippen molar-refractivity contribution in [3.05, 3.63) is 0 Å². The molecule has 3 amide bonds. The van der Waals surface area contributed by atoms with E-state index < -0.39 is 53.8 Å². The first-order chi connectivity index (χ1) is 17.1. The van der Waals surface area contributed by atoms with Crippen molar-refractivity contribution in [3.8, 4) is 0 Å². The highest BCUT2D eigenvalue weighted by atomic mass is 32.2. The SMILES string of the molecule is CSCCC(NC(=O)C(N)CCC(=O)O)C(=O)NC(CCCCN)C(=O)NC(CCCCN)C(=O)O. The van der Waals surface area contributed by atoms with Crippen LogP contribution in [-0.2, 0) is 24.0 Å². The van der Waals surface area contributed by atoms with Crippen LogP contribution < -0.4 is 33.2 Å². The van der Waals surface area contributed by atoms with Gasteiger partial charge in [0.1, 0.15) is 18.1 Å². The van der Waals surface area contributed by atoms with Crippen LogP contribution in [0, 0.1) is 0 Å². The molecule has 0 saturated heterocycles. The van der Waals surface area contributed by atoms with Crippen LogP contribution >= 0.6 is 11.8 Å². The maximum atomic E-state index is 13.0. The lowest BCUT2D eigenvalue weighted by molar-refractivity contribution is -0.142. The topological polar surface area (TPSA) is 240 Å². The van der Waals surface area contributed by atoms with E-state index in [1.165, 1.54) is 11.8 Å². The Morgan fingerprint density at radius 2 is 1.19 bits per heavy atom. The van der Waals surface area contributed by atoms with Crippen molar-refractivity contribution in [1.82, 2.24) is 16.0 Å². The van der Waals surface area contributed by atoms with Crippen LogP contribution in [0.1, 0.15) is 57.8 Å². The van der Waals surface area contributed by atoms with Crippen molar-refractivity contribution in [1.29, 1.82) is 0 Å². The van der Waals surface area contributed by atoms with E-state index in [2.05, 4.69) is 16.0 Å². The van der Waals surface area contributed by atoms with Crippen LogP contribution in [0.4, 0.5) is 0 Å². The number of carbonyl (C=O) groups is 5. The second kappa shape index (κ2) is 19.7. The zero-order valence-corrected chi connectivity index (χ0v) is 21.7. The van der Waals surface area contributed by atoms with Crippen LogP contribution in [0.5, 0.6) is 0 Å². The van der Waals surface area contributed by atoms with Crippen molar-refractivity contribution >= 4 is 41.4 Å². The molecule has 0 aromatic carbocycles. The van der Waals surface area contributed by atoms with E-state index in [0.717, 1.165) is 0 Å². The number of nitrogens with two attached hydrogens (primary N) is 3. The fraction of sp³-hybridized carbons (Fsp3) is 0.773. The molecule has 13 nitrogen and oxygen atoms in total. The average molecular weight is 535 g/mol. The molecule has 4 unspecified atom stereocenters. The molecule has 0 spiro atoms. The first kappa shape index (κ1) is 33.6. The minimum atomic E-state index is -1.19. The molecule has 0 bridgehead atoms. The summed E-state index contributed by atoms with van der Waals surface area (Å²) < 4.78 is 0. The van der Waals surface area contributed by atoms with Crippen LogP contribution in [0.15, 0.2) is 0 Å². The molecule has 0 aromatic rings. The molecule has 11 N–H and O–H groups in total. The third kappa shape index (κ3) is 14.9. The highest BCUT2D eigenvalue weighted by Gasteiger charge is 2.30. The zero-order chi connectivity index (χ0) is 27.5. The smallest absolute Gasteiger partial charge is 0.326 e. The van der Waals surface area contributed by atoms with Crippen molar-refractivity contribution in [3.63, 3.8) is 0 Å². The van der Waals surface area contributed by atoms with Gasteiger partial charge in [0.05, 0.1) is 6.04 Å². The molecular formula is C22H42N6O7S. The number of carboxylic acids is 2. The maximum absolute atomic E-state index is 13.0. The van der Waals surface area contributed by atoms with Crippen LogP contribution in [0.25, 0.3) is 0 Å². The highest BCUT2D eigenvalue weighted by Crippen LogP contribution is 2.08. The molecule has 0 aliphatic rings. The van der Waals surface area contributed by atoms with E-state index in [4.69, 9.17) is 22.3 Å². The minimum Gasteiger partial charge on any atom is -0.481 e. The van der Waals surface area contributed by atoms with Crippen LogP contribution in [0.3, 0.4) is 0 Å². The first-order valence-electron chi connectivity index (χ1n) is 12.1. The minimum absolute atomic E-state index is 0.0944. The Hall–Kier alpha value is -2.42. The molecule has 0 heterocycles. The Bertz CT molecular complexity index is 712. The van der Waals surface area contributed by atoms with Gasteiger partial charge in [0.25, 0.3) is 0 Å². The molecule has 4 atom stereocenters. The standard InChI is InChI=1S/C22H42N6O7S/c1-36-13-10-16(26-19(31)14(25)8-9-18(29)30)21(33)27-15(6-2-4-11-23)20(32)28-17(22(34)35)7-3-5-12-24/h14-17H,2-13,23-25H2,1H3,(H,26,31)(H,27,33)(H,28,32)(H,29,30)(H,34,35). The second-order valence-corrected chi connectivity index (χ2v) is 9.40. The van der Waals surface area contributed by atoms with Crippen molar-refractivity contribution in [2.24, 2.45) is 17.2 Å². The summed E-state index contributed by atoms with van der Waals surface area (Å²) in [6.45, 7) is 0.793. The number of thioether (sulfide) groups is 1. The molecule has 36 heavy (non-hydrogen) atoms. The van der Waals surface area contributed by atoms with E-state index in [0.29, 0.717) is 44.5 Å². The lowest BCUT2D eigenvalue weighted by atomic mass is 10.0. The first-order valence-corrected chi connectivity index (χ1v) is 13.5. The number of unbranched alkanes of at least 4 members (excludes halogenated alkanes) is 2. The fourth-order valence-electron chi connectivity index (χ4n) is 3.25. The quantitative estimate of drug-likeness (QED) is 0.0807. The predicted molar refractivity (Wildman–Crippen MR) is 137 cm³/mol. The Labute approximate surface area is 216 Å². The van der Waals surface area contributed by atoms with Crippen molar-refractivity contribution < 1.29 is 34.2 Å². The number of aliphatic carboxylic acids is 2. The summed E-state index contributed by atoms with van der Waals surface area (Å²) in [4.78, 5) is 60.7. The number of amides is 3. The van der Waals surface area contributed by atoms with Crippen molar-refractivity contribution in [2.75, 3.05) is 25.1 Å². The number of carboxylic acid groups (broad SMARTS) is 2. The summed E-state index contributed by atoms with van der Waals surface area (Å²) in [5.74, 6) is -3.70. The van der Waals surface area contributed by atoms with Gasteiger partial charge in [0, 0.05) is 6.42 Å². The maximum Gasteiger partial charge on any atom is 0.326 e. The Morgan fingerprint density at radius 1 is 0.722 bits per heavy atom. The van der Waals surface area contributed by atoms with Gasteiger partial charge in [-0.2, -0.15) is 11.8 Å². The molecule has 0 radical (unpaired) electrons. The summed E-state index contributed by atoms with van der Waals surface area (Å²) in [5, 5.41) is 25.9. The van der Waals surface area contributed by atoms with Gasteiger partial charge < -0.3 is 43.4 Å². The zero-order valence-electron chi connectivity index (χ0n) is 20.9. The normalized spacial score (nSPS) is 14.2. The van der Waals surface area contributed by atoms with Gasteiger partial charge in [0.2, 0.25) is 17.7 Å². The molecule has 0 aliphatic carbocycles. The third-order valence-corrected chi connectivity index (χ3v) is 6.03. The Kier molecular flexibility index (Phi) is 18.4. The molecular weight excluding hydrogens is 492 g/mol. The largest absolute Gasteiger partial charge is 0.481 e. The molecule has 0 saturated carbocycles. The van der Waals surface area contributed by atoms with E-state index in [9.17, 15) is 29.1 Å². The summed E-state index contributed by atoms with van der Waals surface area (Å²) >= 11 is 1.45. The summed E-state index contributed by atoms with van der Waals surface area (Å²) in [6, 6.07) is -4.28. The number of carbonyl (C=O) groups excluding carboxylic acids is 3. The number of hydrogen-bond donors (Lipinski definition) is 8. The molecule has 0 aromatic heterocycles. The summed E-state index contributed by atoms with van der Waals surface area (Å²) in [7, 11) is 0. The molecule has 0 fully saturated rings. The number of hydrogen-bond acceptors (Lipinski definition) is 9. The molecule has 0 aliphatic heterocycles. The van der Waals surface area contributed by atoms with E-state index in [1.807, 2.05) is 6.26 Å². The summed E-state index contributed by atoms with van der Waals surface area (Å²) in [5.41, 5.74) is 16.7. The third-order valence-electron chi connectivity index (χ3n) is 5.39. The predicted octanol–water partition coefficient (Wildman–Crippen LogP) is -1.27. The van der Waals surface area contributed by atoms with Crippen LogP contribution in [0.2, 0.25) is 0 Å². The van der Waals surface area contributed by atoms with Gasteiger partial charge >= 0.3 is 11.9 Å². The van der Waals surface area contributed by atoms with E-state index >= 15 is 0 Å². The number of nitrogens with one attached hydrogen (secondary N) is 3. The van der Waals surface area contributed by atoms with Gasteiger partial charge in [-0.15, -0.1) is 0 Å². The van der Waals surface area contributed by atoms with Crippen molar-refractivity contribution in [2.45, 2.75) is 82.0 Å². The molecule has 0 rings (SSSR count). The average Bonchev–Trinajstić information content (AvgIpc) is 2.83. The van der Waals surface area contributed by atoms with E-state index in [-0.39, 0.29) is 32.1 Å². The second-order valence-electron chi connectivity index (χ2n) is 8.41. The molecule has 208 valence electrons. The molecule has 14 heteroatoms. The van der Waals surface area contributed by atoms with E-state index in [1.54, 1.807) is 0 Å². The van der Waals surface area contributed by atoms with Crippen LogP contribution in [-0.4, -0.2) is 89.1 Å². The summed E-state index contributed by atoms with van der Waals surface area (Å²) in [6.07, 6.45) is 4.36. The lowest BCUT2D eigenvalue weighted by Gasteiger charge is -2.25. The highest BCUT2D eigenvalue weighted by molar-refractivity contribution is 7.98. The van der Waals surface area contributed by atoms with Gasteiger partial charge in [0.15, 0.2) is 0 Å². The van der Waals surface area contributed by atoms with Gasteiger partial charge in [-0.1, -0.05) is 0 Å². The monoisotopic (exact) mass is 534 g/mol. The van der Waals surface area contributed by atoms with Gasteiger partial charge in [-0.25, -0.2) is 4.79 Å². The lowest BCUT2D eigenvalue weighted by Crippen LogP contribution is -2.57.